The van der Waals surface area contributed by atoms with Crippen LogP contribution in [0.1, 0.15) is 11.9 Å². The first kappa shape index (κ1) is 21.9. The summed E-state index contributed by atoms with van der Waals surface area (Å²) < 4.78 is 13.6. The molecule has 0 saturated carbocycles. The van der Waals surface area contributed by atoms with Gasteiger partial charge in [0.1, 0.15) is 0 Å². The number of benzene rings is 5. The van der Waals surface area contributed by atoms with E-state index in [2.05, 4.69) is 113 Å². The minimum Gasteiger partial charge on any atom is -0.356 e. The average molecular weight is 483 g/mol. The van der Waals surface area contributed by atoms with Crippen molar-refractivity contribution in [2.24, 2.45) is 0 Å². The Morgan fingerprint density at radius 2 is 1.22 bits per heavy atom. The Hall–Kier alpha value is -4.38. The van der Waals surface area contributed by atoms with Gasteiger partial charge in [-0.05, 0) is 59.7 Å². The molecule has 0 spiro atoms. The summed E-state index contributed by atoms with van der Waals surface area (Å²) in [6, 6.07) is 42.7. The summed E-state index contributed by atoms with van der Waals surface area (Å²) in [6.07, 6.45) is -0.241. The van der Waals surface area contributed by atoms with E-state index in [1.54, 1.807) is 0 Å². The van der Waals surface area contributed by atoms with Crippen molar-refractivity contribution in [2.75, 3.05) is 18.5 Å². The van der Waals surface area contributed by atoms with Gasteiger partial charge in [-0.2, -0.15) is 0 Å². The molecule has 4 nitrogen and oxygen atoms in total. The molecule has 0 atom stereocenters. The third-order valence-electron chi connectivity index (χ3n) is 7.00. The van der Waals surface area contributed by atoms with Gasteiger partial charge in [-0.15, -0.1) is 0 Å². The van der Waals surface area contributed by atoms with Crippen LogP contribution in [-0.4, -0.2) is 17.8 Å². The molecule has 0 unspecified atom stereocenters. The SMILES string of the molecule is c1ccc(Nc2ccc3c(c2)c2ccccc2n3-c2ccc(-c3ccc(C4OCCO4)cc3)cc2)cc1. The summed E-state index contributed by atoms with van der Waals surface area (Å²) in [7, 11) is 0. The van der Waals surface area contributed by atoms with Gasteiger partial charge in [0.15, 0.2) is 6.29 Å². The van der Waals surface area contributed by atoms with Crippen LogP contribution in [0.3, 0.4) is 0 Å². The maximum absolute atomic E-state index is 5.62. The molecule has 0 bridgehead atoms. The summed E-state index contributed by atoms with van der Waals surface area (Å²) in [4.78, 5) is 0. The summed E-state index contributed by atoms with van der Waals surface area (Å²) in [5.74, 6) is 0. The molecule has 2 heterocycles. The van der Waals surface area contributed by atoms with E-state index < -0.39 is 0 Å². The highest BCUT2D eigenvalue weighted by atomic mass is 16.7. The van der Waals surface area contributed by atoms with Gasteiger partial charge in [-0.1, -0.05) is 72.8 Å². The molecule has 180 valence electrons. The highest BCUT2D eigenvalue weighted by Crippen LogP contribution is 2.35. The molecule has 1 aromatic heterocycles. The van der Waals surface area contributed by atoms with Gasteiger partial charge in [0, 0.05) is 33.4 Å². The minimum absolute atomic E-state index is 0.241. The zero-order valence-corrected chi connectivity index (χ0v) is 20.3. The molecule has 37 heavy (non-hydrogen) atoms. The maximum Gasteiger partial charge on any atom is 0.184 e. The van der Waals surface area contributed by atoms with E-state index in [1.165, 1.54) is 32.9 Å². The van der Waals surface area contributed by atoms with Crippen molar-refractivity contribution in [2.45, 2.75) is 6.29 Å². The van der Waals surface area contributed by atoms with E-state index in [0.717, 1.165) is 22.6 Å². The van der Waals surface area contributed by atoms with E-state index in [1.807, 2.05) is 18.2 Å². The standard InChI is InChI=1S/C33H26N2O2/c1-2-6-26(7-3-1)34-27-16-19-32-30(22-27)29-8-4-5-9-31(29)35(32)28-17-14-24(15-18-28)23-10-12-25(13-11-23)33-36-20-21-37-33/h1-19,22,33-34H,20-21H2. The van der Waals surface area contributed by atoms with Gasteiger partial charge in [0.05, 0.1) is 24.2 Å². The number of ether oxygens (including phenoxy) is 2. The molecule has 0 aliphatic carbocycles. The first-order chi connectivity index (χ1) is 18.3. The van der Waals surface area contributed by atoms with Gasteiger partial charge in [0.25, 0.3) is 0 Å². The largest absolute Gasteiger partial charge is 0.356 e. The summed E-state index contributed by atoms with van der Waals surface area (Å²) in [6.45, 7) is 1.31. The van der Waals surface area contributed by atoms with Crippen LogP contribution in [0.15, 0.2) is 121 Å². The lowest BCUT2D eigenvalue weighted by Crippen LogP contribution is -1.97. The molecular weight excluding hydrogens is 456 g/mol. The van der Waals surface area contributed by atoms with Crippen molar-refractivity contribution in [3.63, 3.8) is 0 Å². The number of aromatic nitrogens is 1. The molecule has 4 heteroatoms. The van der Waals surface area contributed by atoms with Crippen LogP contribution in [0.4, 0.5) is 11.4 Å². The number of nitrogens with one attached hydrogen (secondary N) is 1. The van der Waals surface area contributed by atoms with Crippen LogP contribution in [0, 0.1) is 0 Å². The first-order valence-corrected chi connectivity index (χ1v) is 12.6. The van der Waals surface area contributed by atoms with Crippen LogP contribution in [0.2, 0.25) is 0 Å². The fourth-order valence-electron chi connectivity index (χ4n) is 5.20. The molecule has 5 aromatic carbocycles. The molecular formula is C33H26N2O2. The van der Waals surface area contributed by atoms with Gasteiger partial charge < -0.3 is 19.4 Å². The number of anilines is 2. The smallest absolute Gasteiger partial charge is 0.184 e. The Kier molecular flexibility index (Phi) is 5.47. The predicted molar refractivity (Wildman–Crippen MR) is 151 cm³/mol. The van der Waals surface area contributed by atoms with Crippen molar-refractivity contribution in [1.29, 1.82) is 0 Å². The van der Waals surface area contributed by atoms with Gasteiger partial charge in [-0.25, -0.2) is 0 Å². The van der Waals surface area contributed by atoms with E-state index in [0.29, 0.717) is 13.2 Å². The normalized spacial score (nSPS) is 13.9. The highest BCUT2D eigenvalue weighted by Gasteiger charge is 2.18. The minimum atomic E-state index is -0.241. The second kappa shape index (κ2) is 9.25. The van der Waals surface area contributed by atoms with Gasteiger partial charge >= 0.3 is 0 Å². The van der Waals surface area contributed by atoms with Crippen LogP contribution in [-0.2, 0) is 9.47 Å². The molecule has 0 amide bonds. The van der Waals surface area contributed by atoms with Crippen molar-refractivity contribution >= 4 is 33.2 Å². The van der Waals surface area contributed by atoms with Crippen LogP contribution in [0.25, 0.3) is 38.6 Å². The number of para-hydroxylation sites is 2. The topological polar surface area (TPSA) is 35.4 Å². The quantitative estimate of drug-likeness (QED) is 0.269. The van der Waals surface area contributed by atoms with E-state index in [9.17, 15) is 0 Å². The molecule has 1 N–H and O–H groups in total. The third kappa shape index (κ3) is 4.06. The van der Waals surface area contributed by atoms with Crippen molar-refractivity contribution in [1.82, 2.24) is 4.57 Å². The fraction of sp³-hybridized carbons (Fsp3) is 0.0909. The lowest BCUT2D eigenvalue weighted by molar-refractivity contribution is -0.0441. The highest BCUT2D eigenvalue weighted by molar-refractivity contribution is 6.10. The molecule has 6 aromatic rings. The predicted octanol–water partition coefficient (Wildman–Crippen LogP) is 8.24. The molecule has 7 rings (SSSR count). The van der Waals surface area contributed by atoms with Gasteiger partial charge in [-0.3, -0.25) is 0 Å². The van der Waals surface area contributed by atoms with Crippen molar-refractivity contribution < 1.29 is 9.47 Å². The second-order valence-corrected chi connectivity index (χ2v) is 9.32. The summed E-state index contributed by atoms with van der Waals surface area (Å²) in [5, 5.41) is 6.00. The number of fused-ring (bicyclic) bond motifs is 3. The third-order valence-corrected chi connectivity index (χ3v) is 7.00. The molecule has 0 radical (unpaired) electrons. The van der Waals surface area contributed by atoms with E-state index >= 15 is 0 Å². The van der Waals surface area contributed by atoms with Crippen molar-refractivity contribution in [3.05, 3.63) is 127 Å². The molecule has 1 saturated heterocycles. The van der Waals surface area contributed by atoms with Crippen LogP contribution >= 0.6 is 0 Å². The average Bonchev–Trinajstić information content (AvgIpc) is 3.61. The number of rotatable bonds is 5. The van der Waals surface area contributed by atoms with E-state index in [4.69, 9.17) is 9.47 Å². The number of hydrogen-bond acceptors (Lipinski definition) is 3. The Labute approximate surface area is 215 Å². The van der Waals surface area contributed by atoms with Crippen LogP contribution < -0.4 is 5.32 Å². The zero-order valence-electron chi connectivity index (χ0n) is 20.3. The Bertz CT molecular complexity index is 1680. The fourth-order valence-corrected chi connectivity index (χ4v) is 5.20. The van der Waals surface area contributed by atoms with E-state index in [-0.39, 0.29) is 6.29 Å². The van der Waals surface area contributed by atoms with Crippen molar-refractivity contribution in [3.8, 4) is 16.8 Å². The second-order valence-electron chi connectivity index (χ2n) is 9.32. The van der Waals surface area contributed by atoms with Crippen LogP contribution in [0.5, 0.6) is 0 Å². The molecule has 1 fully saturated rings. The Morgan fingerprint density at radius 1 is 0.568 bits per heavy atom. The summed E-state index contributed by atoms with van der Waals surface area (Å²) in [5.41, 5.74) is 9.10. The monoisotopic (exact) mass is 482 g/mol. The van der Waals surface area contributed by atoms with Gasteiger partial charge in [0.2, 0.25) is 0 Å². The molecule has 1 aliphatic rings. The maximum atomic E-state index is 5.62. The molecule has 1 aliphatic heterocycles. The zero-order chi connectivity index (χ0) is 24.6. The summed E-state index contributed by atoms with van der Waals surface area (Å²) >= 11 is 0. The lowest BCUT2D eigenvalue weighted by atomic mass is 10.0. The Morgan fingerprint density at radius 3 is 1.97 bits per heavy atom. The number of nitrogens with zero attached hydrogens (tertiary/aromatic N) is 1. The first-order valence-electron chi connectivity index (χ1n) is 12.6. The number of hydrogen-bond donors (Lipinski definition) is 1. The lowest BCUT2D eigenvalue weighted by Gasteiger charge is -2.12. The Balaban J connectivity index is 1.24.